The lowest BCUT2D eigenvalue weighted by Gasteiger charge is -2.31. The van der Waals surface area contributed by atoms with Crippen LogP contribution in [0, 0.1) is 11.8 Å². The molecule has 16 nitrogen and oxygen atoms in total. The number of phenolic OH excluding ortho intramolecular Hbond substituents is 1. The van der Waals surface area contributed by atoms with E-state index in [0.717, 1.165) is 10.9 Å². The Balaban J connectivity index is 1.60. The number of H-pyrrole nitrogens is 1. The van der Waals surface area contributed by atoms with Crippen molar-refractivity contribution in [3.8, 4) is 5.75 Å². The molecule has 0 spiro atoms. The highest BCUT2D eigenvalue weighted by atomic mass is 16.4. The molecular formula is C39H53N7O9. The van der Waals surface area contributed by atoms with Crippen LogP contribution in [0.2, 0.25) is 0 Å². The molecule has 2 aromatic carbocycles. The van der Waals surface area contributed by atoms with Crippen LogP contribution in [0.1, 0.15) is 58.6 Å². The van der Waals surface area contributed by atoms with Gasteiger partial charge in [-0.25, -0.2) is 4.79 Å². The maximum absolute atomic E-state index is 14.4. The second-order valence-electron chi connectivity index (χ2n) is 14.8. The number of aromatic nitrogens is 1. The molecule has 2 heterocycles. The zero-order valence-electron chi connectivity index (χ0n) is 31.7. The summed E-state index contributed by atoms with van der Waals surface area (Å²) >= 11 is 0. The summed E-state index contributed by atoms with van der Waals surface area (Å²) in [6.45, 7) is 8.43. The number of hydrogen-bond acceptors (Lipinski definition) is 9. The first-order valence-corrected chi connectivity index (χ1v) is 18.5. The van der Waals surface area contributed by atoms with Gasteiger partial charge in [0.2, 0.25) is 29.5 Å². The number of carboxylic acids is 1. The molecule has 5 amide bonds. The number of rotatable bonds is 17. The van der Waals surface area contributed by atoms with E-state index in [2.05, 4.69) is 26.3 Å². The van der Waals surface area contributed by atoms with Crippen molar-refractivity contribution in [2.75, 3.05) is 6.54 Å². The Morgan fingerprint density at radius 1 is 0.818 bits per heavy atom. The number of fused-ring (bicyclic) bond motifs is 1. The van der Waals surface area contributed by atoms with Gasteiger partial charge in [0, 0.05) is 36.5 Å². The highest BCUT2D eigenvalue weighted by molar-refractivity contribution is 5.97. The predicted molar refractivity (Wildman–Crippen MR) is 203 cm³/mol. The number of nitrogens with one attached hydrogen (secondary N) is 5. The average Bonchev–Trinajstić information content (AvgIpc) is 3.79. The number of aliphatic hydroxyl groups excluding tert-OH is 1. The molecule has 0 bridgehead atoms. The standard InChI is InChI=1S/C39H53N7O9/c1-20(2)31(40)36(51)44-32(21(3)4)37(52)43-29(17-23-12-14-25(48)15-13-23)38(53)46-16-8-11-30(46)35(50)42-28(34(49)45-33(22(5)47)39(54)55)18-24-19-41-27-10-7-6-9-26(24)27/h6-7,9-10,12-15,19-22,28-33,41,47-48H,8,11,16-18,40H2,1-5H3,(H,42,50)(H,43,52)(H,44,51)(H,45,49)(H,54,55)/t22-,28+,29+,30+,31+,32+,33+/m1/s1. The lowest BCUT2D eigenvalue weighted by atomic mass is 9.98. The van der Waals surface area contributed by atoms with Crippen molar-refractivity contribution in [2.45, 2.75) is 103 Å². The van der Waals surface area contributed by atoms with Crippen LogP contribution in [-0.2, 0) is 41.6 Å². The van der Waals surface area contributed by atoms with E-state index in [1.54, 1.807) is 46.0 Å². The van der Waals surface area contributed by atoms with Crippen LogP contribution >= 0.6 is 0 Å². The third kappa shape index (κ3) is 10.8. The summed E-state index contributed by atoms with van der Waals surface area (Å²) < 4.78 is 0. The van der Waals surface area contributed by atoms with Crippen LogP contribution in [0.3, 0.4) is 0 Å². The van der Waals surface area contributed by atoms with Crippen molar-refractivity contribution in [1.29, 1.82) is 0 Å². The van der Waals surface area contributed by atoms with Crippen LogP contribution in [0.4, 0.5) is 0 Å². The van der Waals surface area contributed by atoms with Gasteiger partial charge in [-0.15, -0.1) is 0 Å². The number of aromatic hydroxyl groups is 1. The minimum absolute atomic E-state index is 0.00497. The largest absolute Gasteiger partial charge is 0.508 e. The van der Waals surface area contributed by atoms with Crippen LogP contribution in [0.15, 0.2) is 54.7 Å². The first-order chi connectivity index (χ1) is 26.0. The van der Waals surface area contributed by atoms with Gasteiger partial charge in [-0.05, 0) is 60.9 Å². The quantitative estimate of drug-likeness (QED) is 0.0930. The number of aromatic amines is 1. The Morgan fingerprint density at radius 3 is 2.09 bits per heavy atom. The maximum Gasteiger partial charge on any atom is 0.328 e. The first-order valence-electron chi connectivity index (χ1n) is 18.5. The minimum atomic E-state index is -1.65. The van der Waals surface area contributed by atoms with E-state index in [9.17, 15) is 44.1 Å². The van der Waals surface area contributed by atoms with Gasteiger partial charge >= 0.3 is 5.97 Å². The molecular weight excluding hydrogens is 710 g/mol. The summed E-state index contributed by atoms with van der Waals surface area (Å²) in [5.41, 5.74) is 8.09. The fourth-order valence-corrected chi connectivity index (χ4v) is 6.56. The summed E-state index contributed by atoms with van der Waals surface area (Å²) in [5.74, 6) is -5.27. The third-order valence-electron chi connectivity index (χ3n) is 9.88. The monoisotopic (exact) mass is 763 g/mol. The number of amides is 5. The van der Waals surface area contributed by atoms with E-state index in [-0.39, 0.29) is 43.4 Å². The van der Waals surface area contributed by atoms with Gasteiger partial charge < -0.3 is 52.2 Å². The summed E-state index contributed by atoms with van der Waals surface area (Å²) in [7, 11) is 0. The number of carbonyl (C=O) groups is 6. The molecule has 1 saturated heterocycles. The van der Waals surface area contributed by atoms with Gasteiger partial charge in [0.05, 0.1) is 12.1 Å². The van der Waals surface area contributed by atoms with E-state index >= 15 is 0 Å². The molecule has 7 atom stereocenters. The van der Waals surface area contributed by atoms with Gasteiger partial charge in [0.1, 0.15) is 29.9 Å². The summed E-state index contributed by atoms with van der Waals surface area (Å²) in [5, 5.41) is 40.9. The van der Waals surface area contributed by atoms with E-state index in [0.29, 0.717) is 17.5 Å². The molecule has 1 aliphatic heterocycles. The lowest BCUT2D eigenvalue weighted by Crippen LogP contribution is -2.60. The fourth-order valence-electron chi connectivity index (χ4n) is 6.56. The molecule has 0 aliphatic carbocycles. The van der Waals surface area contributed by atoms with Crippen LogP contribution < -0.4 is 27.0 Å². The Kier molecular flexibility index (Phi) is 14.4. The maximum atomic E-state index is 14.4. The van der Waals surface area contributed by atoms with Gasteiger partial charge in [-0.2, -0.15) is 0 Å². The Labute approximate surface area is 319 Å². The number of hydrogen-bond donors (Lipinski definition) is 9. The molecule has 4 rings (SSSR count). The predicted octanol–water partition coefficient (Wildman–Crippen LogP) is 0.694. The number of nitrogens with two attached hydrogens (primary N) is 1. The van der Waals surface area contributed by atoms with E-state index in [4.69, 9.17) is 5.73 Å². The summed E-state index contributed by atoms with van der Waals surface area (Å²) in [6, 6.07) is 6.31. The number of aliphatic carboxylic acids is 1. The number of carbonyl (C=O) groups excluding carboxylic acids is 5. The van der Waals surface area contributed by atoms with E-state index in [1.807, 2.05) is 24.3 Å². The number of phenols is 1. The topological polar surface area (TPSA) is 256 Å². The second-order valence-corrected chi connectivity index (χ2v) is 14.8. The number of nitrogens with zero attached hydrogens (tertiary/aromatic N) is 1. The third-order valence-corrected chi connectivity index (χ3v) is 9.88. The molecule has 0 radical (unpaired) electrons. The minimum Gasteiger partial charge on any atom is -0.508 e. The molecule has 10 N–H and O–H groups in total. The van der Waals surface area contributed by atoms with Crippen molar-refractivity contribution in [2.24, 2.45) is 17.6 Å². The van der Waals surface area contributed by atoms with Crippen molar-refractivity contribution in [3.05, 3.63) is 65.9 Å². The molecule has 55 heavy (non-hydrogen) atoms. The molecule has 1 fully saturated rings. The summed E-state index contributed by atoms with van der Waals surface area (Å²) in [4.78, 5) is 85.0. The highest BCUT2D eigenvalue weighted by Crippen LogP contribution is 2.23. The van der Waals surface area contributed by atoms with Gasteiger partial charge in [0.25, 0.3) is 0 Å². The Morgan fingerprint density at radius 2 is 1.47 bits per heavy atom. The Bertz CT molecular complexity index is 1840. The zero-order valence-corrected chi connectivity index (χ0v) is 31.7. The number of aliphatic hydroxyl groups is 1. The molecule has 0 saturated carbocycles. The van der Waals surface area contributed by atoms with E-state index in [1.165, 1.54) is 24.0 Å². The molecule has 298 valence electrons. The van der Waals surface area contributed by atoms with Crippen LogP contribution in [0.25, 0.3) is 10.9 Å². The van der Waals surface area contributed by atoms with Crippen molar-refractivity contribution < 1.29 is 44.1 Å². The molecule has 1 aliphatic rings. The SMILES string of the molecule is CC(C)[C@H](N)C(=O)N[C@H](C(=O)N[C@@H](Cc1ccc(O)cc1)C(=O)N1CCC[C@H]1C(=O)N[C@@H](Cc1c[nH]c2ccccc12)C(=O)N[C@H](C(=O)O)[C@@H](C)O)C(C)C. The number of carboxylic acid groups (broad SMARTS) is 1. The first kappa shape index (κ1) is 42.3. The average molecular weight is 764 g/mol. The van der Waals surface area contributed by atoms with Gasteiger partial charge in [-0.1, -0.05) is 58.0 Å². The molecule has 3 aromatic rings. The van der Waals surface area contributed by atoms with Crippen molar-refractivity contribution in [1.82, 2.24) is 31.2 Å². The van der Waals surface area contributed by atoms with E-state index < -0.39 is 77.9 Å². The fraction of sp³-hybridized carbons (Fsp3) is 0.487. The van der Waals surface area contributed by atoms with Crippen LogP contribution in [0.5, 0.6) is 5.75 Å². The summed E-state index contributed by atoms with van der Waals surface area (Å²) in [6.07, 6.45) is 0.862. The second kappa shape index (κ2) is 18.7. The number of likely N-dealkylation sites (tertiary alicyclic amines) is 1. The number of benzene rings is 2. The van der Waals surface area contributed by atoms with Crippen molar-refractivity contribution >= 4 is 46.4 Å². The zero-order chi connectivity index (χ0) is 40.6. The van der Waals surface area contributed by atoms with Gasteiger partial charge in [0.15, 0.2) is 6.04 Å². The lowest BCUT2D eigenvalue weighted by molar-refractivity contribution is -0.145. The molecule has 1 aromatic heterocycles. The molecule has 16 heteroatoms. The van der Waals surface area contributed by atoms with Gasteiger partial charge in [-0.3, -0.25) is 24.0 Å². The van der Waals surface area contributed by atoms with Crippen LogP contribution in [-0.4, -0.2) is 110 Å². The highest BCUT2D eigenvalue weighted by Gasteiger charge is 2.40. The smallest absolute Gasteiger partial charge is 0.328 e. The van der Waals surface area contributed by atoms with Crippen molar-refractivity contribution in [3.63, 3.8) is 0 Å². The Hall–Kier alpha value is -5.48. The molecule has 0 unspecified atom stereocenters. The number of para-hydroxylation sites is 1. The normalized spacial score (nSPS) is 17.5.